The molecule has 0 fully saturated rings. The van der Waals surface area contributed by atoms with Crippen LogP contribution in [-0.2, 0) is 14.3 Å². The van der Waals surface area contributed by atoms with Crippen molar-refractivity contribution in [3.05, 3.63) is 48.6 Å². The lowest BCUT2D eigenvalue weighted by molar-refractivity contribution is -0.151. The van der Waals surface area contributed by atoms with Crippen molar-refractivity contribution in [2.75, 3.05) is 6.61 Å². The summed E-state index contributed by atoms with van der Waals surface area (Å²) in [6.45, 7) is 6.35. The van der Waals surface area contributed by atoms with Crippen LogP contribution in [-0.4, -0.2) is 46.9 Å². The highest BCUT2D eigenvalue weighted by Crippen LogP contribution is 2.17. The smallest absolute Gasteiger partial charge is 0.306 e. The van der Waals surface area contributed by atoms with Crippen molar-refractivity contribution in [1.29, 1.82) is 0 Å². The molecular weight excluding hydrogens is 743 g/mol. The van der Waals surface area contributed by atoms with Gasteiger partial charge in [0.05, 0.1) is 25.2 Å². The van der Waals surface area contributed by atoms with E-state index in [0.717, 1.165) is 89.9 Å². The summed E-state index contributed by atoms with van der Waals surface area (Å²) in [6, 6.07) is -0.709. The van der Waals surface area contributed by atoms with Crippen molar-refractivity contribution in [3.63, 3.8) is 0 Å². The van der Waals surface area contributed by atoms with Gasteiger partial charge >= 0.3 is 5.97 Å². The number of amides is 1. The molecule has 0 aliphatic carbocycles. The Kier molecular flexibility index (Phi) is 46.1. The van der Waals surface area contributed by atoms with Gasteiger partial charge in [-0.25, -0.2) is 0 Å². The Labute approximate surface area is 372 Å². The Balaban J connectivity index is 4.63. The van der Waals surface area contributed by atoms with Crippen molar-refractivity contribution in [3.8, 4) is 0 Å². The minimum atomic E-state index is -0.794. The van der Waals surface area contributed by atoms with Gasteiger partial charge < -0.3 is 20.3 Å². The van der Waals surface area contributed by atoms with E-state index in [1.165, 1.54) is 122 Å². The molecule has 0 rings (SSSR count). The zero-order chi connectivity index (χ0) is 43.8. The minimum Gasteiger partial charge on any atom is -0.462 e. The first-order valence-corrected chi connectivity index (χ1v) is 25.9. The summed E-state index contributed by atoms with van der Waals surface area (Å²) >= 11 is 0. The van der Waals surface area contributed by atoms with Gasteiger partial charge in [0.25, 0.3) is 0 Å². The van der Waals surface area contributed by atoms with Gasteiger partial charge in [0.2, 0.25) is 5.91 Å². The molecule has 6 heteroatoms. The Morgan fingerprint density at radius 3 is 1.42 bits per heavy atom. The fraction of sp³-hybridized carbons (Fsp3) is 0.815. The van der Waals surface area contributed by atoms with E-state index in [0.29, 0.717) is 19.3 Å². The highest BCUT2D eigenvalue weighted by molar-refractivity contribution is 5.77. The molecule has 0 aliphatic heterocycles. The highest BCUT2D eigenvalue weighted by Gasteiger charge is 2.24. The number of hydrogen-bond donors (Lipinski definition) is 3. The van der Waals surface area contributed by atoms with Crippen LogP contribution in [0.3, 0.4) is 0 Å². The summed E-state index contributed by atoms with van der Waals surface area (Å²) in [7, 11) is 0. The third-order valence-electron chi connectivity index (χ3n) is 11.7. The summed E-state index contributed by atoms with van der Waals surface area (Å²) in [5, 5.41) is 23.7. The molecule has 0 spiro atoms. The van der Waals surface area contributed by atoms with Gasteiger partial charge in [-0.2, -0.15) is 0 Å². The van der Waals surface area contributed by atoms with Crippen LogP contribution in [0.2, 0.25) is 0 Å². The van der Waals surface area contributed by atoms with E-state index in [1.54, 1.807) is 0 Å². The maximum absolute atomic E-state index is 13.2. The Hall–Kier alpha value is -2.18. The average Bonchev–Trinajstić information content (AvgIpc) is 3.24. The van der Waals surface area contributed by atoms with Gasteiger partial charge in [-0.15, -0.1) is 0 Å². The number of unbranched alkanes of at least 4 members (excludes halogenated alkanes) is 28. The van der Waals surface area contributed by atoms with Crippen molar-refractivity contribution in [1.82, 2.24) is 5.32 Å². The molecule has 3 N–H and O–H groups in total. The zero-order valence-electron chi connectivity index (χ0n) is 39.8. The summed E-state index contributed by atoms with van der Waals surface area (Å²) in [5.41, 5.74) is 0. The molecule has 350 valence electrons. The van der Waals surface area contributed by atoms with Crippen LogP contribution in [0.5, 0.6) is 0 Å². The Morgan fingerprint density at radius 1 is 0.500 bits per heavy atom. The lowest BCUT2D eigenvalue weighted by Gasteiger charge is -2.24. The van der Waals surface area contributed by atoms with Crippen LogP contribution in [0.15, 0.2) is 48.6 Å². The fourth-order valence-electron chi connectivity index (χ4n) is 7.78. The van der Waals surface area contributed by atoms with Gasteiger partial charge in [-0.05, 0) is 70.6 Å². The second-order valence-electron chi connectivity index (χ2n) is 17.6. The molecule has 0 saturated carbocycles. The zero-order valence-corrected chi connectivity index (χ0v) is 39.8. The van der Waals surface area contributed by atoms with Crippen LogP contribution < -0.4 is 5.32 Å². The number of carbonyl (C=O) groups excluding carboxylic acids is 2. The molecule has 3 atom stereocenters. The topological polar surface area (TPSA) is 95.9 Å². The quantitative estimate of drug-likeness (QED) is 0.0246. The highest BCUT2D eigenvalue weighted by atomic mass is 16.5. The normalized spacial score (nSPS) is 13.6. The molecule has 0 aliphatic rings. The molecule has 0 aromatic heterocycles. The van der Waals surface area contributed by atoms with Crippen LogP contribution in [0.4, 0.5) is 0 Å². The molecule has 1 amide bonds. The number of allylic oxidation sites excluding steroid dienone is 8. The first-order valence-electron chi connectivity index (χ1n) is 25.9. The van der Waals surface area contributed by atoms with Crippen molar-refractivity contribution in [2.24, 2.45) is 0 Å². The number of aliphatic hydroxyl groups is 2. The van der Waals surface area contributed by atoms with Crippen molar-refractivity contribution < 1.29 is 24.5 Å². The predicted molar refractivity (Wildman–Crippen MR) is 259 cm³/mol. The molecule has 0 bridgehead atoms. The van der Waals surface area contributed by atoms with E-state index in [-0.39, 0.29) is 24.9 Å². The van der Waals surface area contributed by atoms with Gasteiger partial charge in [0, 0.05) is 6.42 Å². The number of nitrogens with one attached hydrogen (secondary N) is 1. The third kappa shape index (κ3) is 42.5. The monoisotopic (exact) mass is 842 g/mol. The molecule has 6 nitrogen and oxygen atoms in total. The summed E-state index contributed by atoms with van der Waals surface area (Å²) in [5.74, 6) is -0.508. The van der Waals surface area contributed by atoms with E-state index >= 15 is 0 Å². The molecule has 60 heavy (non-hydrogen) atoms. The fourth-order valence-corrected chi connectivity index (χ4v) is 7.78. The lowest BCUT2D eigenvalue weighted by atomic mass is 10.0. The number of carbonyl (C=O) groups is 2. The molecule has 0 saturated heterocycles. The number of esters is 1. The molecule has 0 heterocycles. The first-order chi connectivity index (χ1) is 29.5. The lowest BCUT2D eigenvalue weighted by Crippen LogP contribution is -2.46. The largest absolute Gasteiger partial charge is 0.462 e. The van der Waals surface area contributed by atoms with E-state index in [1.807, 2.05) is 0 Å². The Morgan fingerprint density at radius 2 is 0.917 bits per heavy atom. The maximum atomic E-state index is 13.2. The summed E-state index contributed by atoms with van der Waals surface area (Å²) in [4.78, 5) is 26.1. The van der Waals surface area contributed by atoms with Crippen molar-refractivity contribution in [2.45, 2.75) is 277 Å². The van der Waals surface area contributed by atoms with Crippen molar-refractivity contribution >= 4 is 11.9 Å². The molecule has 0 aromatic carbocycles. The van der Waals surface area contributed by atoms with E-state index in [2.05, 4.69) is 74.7 Å². The van der Waals surface area contributed by atoms with Gasteiger partial charge in [0.15, 0.2) is 0 Å². The van der Waals surface area contributed by atoms with Crippen LogP contribution in [0, 0.1) is 0 Å². The Bertz CT molecular complexity index is 1040. The number of aliphatic hydroxyl groups excluding tert-OH is 2. The SMILES string of the molecule is CC/C=C/C=C/C=C\CCCCCCCC(=O)OC(CCCCC/C=C/CCCCCCCCCCC)CC(=O)NC(CO)C(O)CCCCCCCCCCCCCC. The van der Waals surface area contributed by atoms with E-state index in [4.69, 9.17) is 4.74 Å². The third-order valence-corrected chi connectivity index (χ3v) is 11.7. The van der Waals surface area contributed by atoms with Gasteiger partial charge in [-0.1, -0.05) is 223 Å². The predicted octanol–water partition coefficient (Wildman–Crippen LogP) is 15.5. The molecule has 0 radical (unpaired) electrons. The molecular formula is C54H99NO5. The maximum Gasteiger partial charge on any atom is 0.306 e. The number of rotatable bonds is 46. The second kappa shape index (κ2) is 47.9. The van der Waals surface area contributed by atoms with Crippen LogP contribution >= 0.6 is 0 Å². The van der Waals surface area contributed by atoms with Gasteiger partial charge in [0.1, 0.15) is 6.10 Å². The average molecular weight is 842 g/mol. The molecule has 0 aromatic rings. The van der Waals surface area contributed by atoms with Crippen LogP contribution in [0.1, 0.15) is 258 Å². The van der Waals surface area contributed by atoms with Gasteiger partial charge in [-0.3, -0.25) is 9.59 Å². The van der Waals surface area contributed by atoms with E-state index < -0.39 is 18.2 Å². The summed E-state index contributed by atoms with van der Waals surface area (Å²) < 4.78 is 5.92. The molecule has 3 unspecified atom stereocenters. The summed E-state index contributed by atoms with van der Waals surface area (Å²) in [6.07, 6.45) is 57.4. The number of hydrogen-bond acceptors (Lipinski definition) is 5. The minimum absolute atomic E-state index is 0.0593. The van der Waals surface area contributed by atoms with Crippen LogP contribution in [0.25, 0.3) is 0 Å². The van der Waals surface area contributed by atoms with E-state index in [9.17, 15) is 19.8 Å². The first kappa shape index (κ1) is 57.8. The number of ether oxygens (including phenoxy) is 1. The second-order valence-corrected chi connectivity index (χ2v) is 17.6. The standard InChI is InChI=1S/C54H99NO5/c1-4-7-10-13-16-19-22-25-26-27-29-30-33-36-39-42-45-50(60-54(59)47-44-41-38-35-32-28-23-20-17-14-11-8-5-2)48-53(58)55-51(49-56)52(57)46-43-40-37-34-31-24-21-18-15-12-9-6-3/h8,11,14,17,20,23,29-30,50-52,56-57H,4-7,9-10,12-13,15-16,18-19,21-22,24-28,31-49H2,1-3H3,(H,55,58)/b11-8+,17-14+,23-20-,30-29+.